The Morgan fingerprint density at radius 1 is 0.889 bits per heavy atom. The first kappa shape index (κ1) is 12.9. The third-order valence-corrected chi connectivity index (χ3v) is 2.64. The number of hydrogen-bond acceptors (Lipinski definition) is 2. The van der Waals surface area contributed by atoms with Crippen molar-refractivity contribution in [3.8, 4) is 5.75 Å². The van der Waals surface area contributed by atoms with Crippen LogP contribution in [0.15, 0.2) is 12.1 Å². The maximum atomic E-state index is 13.4. The molecule has 2 rings (SSSR count). The molecule has 0 aliphatic rings. The van der Waals surface area contributed by atoms with E-state index in [0.29, 0.717) is 6.07 Å². The van der Waals surface area contributed by atoms with Gasteiger partial charge in [-0.3, -0.25) is 0 Å². The molecule has 0 atom stereocenters. The third kappa shape index (κ3) is 1.78. The predicted octanol–water partition coefficient (Wildman–Crippen LogP) is 2.88. The van der Waals surface area contributed by atoms with Crippen LogP contribution in [0.1, 0.15) is 0 Å². The Labute approximate surface area is 103 Å². The Bertz CT molecular complexity index is 659. The molecule has 0 heterocycles. The molecule has 0 aliphatic carbocycles. The van der Waals surface area contributed by atoms with E-state index in [1.54, 1.807) is 0 Å². The number of benzene rings is 2. The Balaban J connectivity index is 3.01. The topological polar surface area (TPSA) is 26.3 Å². The van der Waals surface area contributed by atoms with Crippen molar-refractivity contribution >= 4 is 26.3 Å². The molecule has 0 saturated heterocycles. The molecule has 92 valence electrons. The molecular weight excluding hydrogens is 274 g/mol. The fraction of sp³-hybridized carbons (Fsp3) is 0. The summed E-state index contributed by atoms with van der Waals surface area (Å²) >= 11 is -1.98. The van der Waals surface area contributed by atoms with E-state index in [9.17, 15) is 25.8 Å². The molecule has 0 spiro atoms. The molecule has 8 heteroatoms. The van der Waals surface area contributed by atoms with Crippen molar-refractivity contribution in [2.75, 3.05) is 0 Å². The Morgan fingerprint density at radius 3 is 2.17 bits per heavy atom. The molecule has 0 fully saturated rings. The number of hydrogen-bond donors (Lipinski definition) is 0. The molecule has 2 aromatic carbocycles. The van der Waals surface area contributed by atoms with E-state index in [-0.39, 0.29) is 0 Å². The molecule has 0 saturated carbocycles. The van der Waals surface area contributed by atoms with E-state index >= 15 is 0 Å². The predicted molar refractivity (Wildman–Crippen MR) is 50.8 cm³/mol. The fourth-order valence-corrected chi connectivity index (χ4v) is 1.87. The van der Waals surface area contributed by atoms with Gasteiger partial charge in [-0.05, 0) is 0 Å². The first-order valence-corrected chi connectivity index (χ1v) is 5.47. The molecular formula is C10H2AlF5O2. The number of rotatable bonds is 2. The van der Waals surface area contributed by atoms with Gasteiger partial charge < -0.3 is 0 Å². The summed E-state index contributed by atoms with van der Waals surface area (Å²) in [5.41, 5.74) is 0. The van der Waals surface area contributed by atoms with Crippen molar-refractivity contribution in [3.05, 3.63) is 41.2 Å². The van der Waals surface area contributed by atoms with Crippen molar-refractivity contribution < 1.29 is 29.5 Å². The molecule has 0 unspecified atom stereocenters. The molecule has 0 bridgehead atoms. The zero-order valence-electron chi connectivity index (χ0n) is 8.44. The van der Waals surface area contributed by atoms with Crippen LogP contribution in [-0.2, 0) is 3.80 Å². The minimum absolute atomic E-state index is 0.534. The molecule has 2 nitrogen and oxygen atoms in total. The van der Waals surface area contributed by atoms with E-state index in [1.165, 1.54) is 0 Å². The monoisotopic (exact) mass is 276 g/mol. The van der Waals surface area contributed by atoms with Gasteiger partial charge in [0.2, 0.25) is 0 Å². The molecule has 0 N–H and O–H groups in total. The summed E-state index contributed by atoms with van der Waals surface area (Å²) in [5.74, 6) is -9.63. The first-order chi connectivity index (χ1) is 8.49. The summed E-state index contributed by atoms with van der Waals surface area (Å²) in [6.45, 7) is 0. The van der Waals surface area contributed by atoms with Crippen LogP contribution in [0.4, 0.5) is 22.0 Å². The van der Waals surface area contributed by atoms with Gasteiger partial charge in [-0.1, -0.05) is 0 Å². The van der Waals surface area contributed by atoms with Crippen molar-refractivity contribution in [2.45, 2.75) is 0 Å². The Hall–Kier alpha value is -1.52. The number of halogens is 5. The molecule has 0 aromatic heterocycles. The average molecular weight is 276 g/mol. The number of fused-ring (bicyclic) bond motifs is 1. The summed E-state index contributed by atoms with van der Waals surface area (Å²) in [4.78, 5) is 0. The van der Waals surface area contributed by atoms with Gasteiger partial charge in [-0.2, -0.15) is 0 Å². The van der Waals surface area contributed by atoms with E-state index in [2.05, 4.69) is 3.79 Å². The van der Waals surface area contributed by atoms with Gasteiger partial charge in [0.25, 0.3) is 0 Å². The van der Waals surface area contributed by atoms with Gasteiger partial charge in [0.05, 0.1) is 0 Å². The van der Waals surface area contributed by atoms with Crippen LogP contribution < -0.4 is 3.79 Å². The van der Waals surface area contributed by atoms with E-state index < -0.39 is 61.1 Å². The van der Waals surface area contributed by atoms with Crippen LogP contribution in [0.5, 0.6) is 5.75 Å². The van der Waals surface area contributed by atoms with Crippen LogP contribution in [0, 0.1) is 29.1 Å². The van der Waals surface area contributed by atoms with Crippen molar-refractivity contribution in [1.82, 2.24) is 0 Å². The van der Waals surface area contributed by atoms with Crippen LogP contribution >= 0.6 is 0 Å². The fourth-order valence-electron chi connectivity index (χ4n) is 1.54. The standard InChI is InChI=1S/C10H3F5O.Al.O/c11-4-2-1-3-5(6(4)12)7(13)8(14)9(15)10(3)16;;/h1-2,16H;;/q;+1;/p-1. The third-order valence-electron chi connectivity index (χ3n) is 2.31. The van der Waals surface area contributed by atoms with Crippen LogP contribution in [-0.4, -0.2) is 15.5 Å². The van der Waals surface area contributed by atoms with Crippen LogP contribution in [0.3, 0.4) is 0 Å². The van der Waals surface area contributed by atoms with Gasteiger partial charge in [0.15, 0.2) is 0 Å². The zero-order valence-corrected chi connectivity index (χ0v) is 9.59. The van der Waals surface area contributed by atoms with Crippen molar-refractivity contribution in [1.29, 1.82) is 0 Å². The van der Waals surface area contributed by atoms with Crippen LogP contribution in [0.2, 0.25) is 0 Å². The molecule has 18 heavy (non-hydrogen) atoms. The summed E-state index contributed by atoms with van der Waals surface area (Å²) in [7, 11) is 0. The normalized spacial score (nSPS) is 10.5. The summed E-state index contributed by atoms with van der Waals surface area (Å²) in [6.07, 6.45) is 0. The van der Waals surface area contributed by atoms with Crippen molar-refractivity contribution in [2.24, 2.45) is 0 Å². The summed E-state index contributed by atoms with van der Waals surface area (Å²) in [6, 6.07) is 1.41. The van der Waals surface area contributed by atoms with Gasteiger partial charge in [0.1, 0.15) is 0 Å². The zero-order chi connectivity index (χ0) is 13.4. The van der Waals surface area contributed by atoms with E-state index in [0.717, 1.165) is 6.07 Å². The summed E-state index contributed by atoms with van der Waals surface area (Å²) < 4.78 is 80.8. The van der Waals surface area contributed by atoms with Gasteiger partial charge in [-0.25, -0.2) is 0 Å². The second-order valence-electron chi connectivity index (χ2n) is 3.27. The van der Waals surface area contributed by atoms with Gasteiger partial charge in [0, 0.05) is 0 Å². The average Bonchev–Trinajstić information content (AvgIpc) is 2.35. The van der Waals surface area contributed by atoms with Gasteiger partial charge >= 0.3 is 103 Å². The molecule has 0 radical (unpaired) electrons. The molecule has 2 aromatic rings. The minimum atomic E-state index is -2.02. The van der Waals surface area contributed by atoms with Gasteiger partial charge in [-0.15, -0.1) is 0 Å². The van der Waals surface area contributed by atoms with Crippen LogP contribution in [0.25, 0.3) is 10.8 Å². The summed E-state index contributed by atoms with van der Waals surface area (Å²) in [5, 5.41) is -1.62. The molecule has 0 aliphatic heterocycles. The quantitative estimate of drug-likeness (QED) is 0.479. The Morgan fingerprint density at radius 2 is 1.56 bits per heavy atom. The van der Waals surface area contributed by atoms with E-state index in [1.807, 2.05) is 0 Å². The SMILES string of the molecule is [O]=[Al][O]c1c(F)c(F)c(F)c2c(F)c(F)ccc12. The second kappa shape index (κ2) is 4.63. The maximum absolute atomic E-state index is 13.4. The van der Waals surface area contributed by atoms with Crippen molar-refractivity contribution in [3.63, 3.8) is 0 Å². The Kier molecular flexibility index (Phi) is 3.33. The molecule has 0 amide bonds. The van der Waals surface area contributed by atoms with E-state index in [4.69, 9.17) is 0 Å². The second-order valence-corrected chi connectivity index (χ2v) is 3.70. The first-order valence-electron chi connectivity index (χ1n) is 4.53.